The summed E-state index contributed by atoms with van der Waals surface area (Å²) < 4.78 is 3.44. The standard InChI is InChI=1S/C25H31N5O3.C21H24ClN5O/c1-15(2)13-26-21-12-20(23(32)5-4-10-31)29-30-22(14-27-24(21)30)17-6-9-19(16(3)11-17)25(33)28-18-7-8-18;1-12(2)10-23-17-9-19(22)26-27-18(11-24-20(17)27)14-4-7-16(13(3)8-14)21(28)25-15-5-6-15/h6,9,11-12,14-15,18,26,31H,4-5,7-8,10,13H2,1-3H3,(H,28,33);4,7-9,11-12,15,23H,5-6,10H2,1-3H3,(H,25,28). The van der Waals surface area contributed by atoms with Gasteiger partial charge in [-0.2, -0.15) is 10.2 Å². The number of ketones is 1. The second kappa shape index (κ2) is 18.8. The van der Waals surface area contributed by atoms with Gasteiger partial charge in [-0.05, 0) is 99.2 Å². The third kappa shape index (κ3) is 10.5. The minimum atomic E-state index is -0.124. The lowest BCUT2D eigenvalue weighted by molar-refractivity contribution is 0.0942. The number of Topliss-reactive ketones (excluding diaryl/α,β-unsaturated/α-hetero) is 1. The van der Waals surface area contributed by atoms with E-state index in [1.807, 2.05) is 50.2 Å². The number of hydrogen-bond acceptors (Lipinski definition) is 10. The number of aliphatic hydroxyl groups is 1. The van der Waals surface area contributed by atoms with Crippen molar-refractivity contribution >= 4 is 51.9 Å². The number of aromatic nitrogens is 6. The summed E-state index contributed by atoms with van der Waals surface area (Å²) in [7, 11) is 0. The maximum atomic E-state index is 12.7. The van der Waals surface area contributed by atoms with Crippen LogP contribution in [0, 0.1) is 25.7 Å². The van der Waals surface area contributed by atoms with Crippen LogP contribution in [-0.2, 0) is 0 Å². The van der Waals surface area contributed by atoms with Gasteiger partial charge in [0.25, 0.3) is 11.8 Å². The van der Waals surface area contributed by atoms with E-state index in [4.69, 9.17) is 16.7 Å². The first kappa shape index (κ1) is 43.2. The highest BCUT2D eigenvalue weighted by molar-refractivity contribution is 6.29. The molecule has 0 bridgehead atoms. The summed E-state index contributed by atoms with van der Waals surface area (Å²) in [6, 6.07) is 15.6. The molecule has 0 radical (unpaired) electrons. The lowest BCUT2D eigenvalue weighted by atomic mass is 10.0. The Balaban J connectivity index is 0.000000186. The van der Waals surface area contributed by atoms with Gasteiger partial charge in [-0.15, -0.1) is 0 Å². The Morgan fingerprint density at radius 1 is 0.721 bits per heavy atom. The molecule has 15 heteroatoms. The fourth-order valence-electron chi connectivity index (χ4n) is 6.83. The first-order valence-corrected chi connectivity index (χ1v) is 21.6. The number of amides is 2. The van der Waals surface area contributed by atoms with Gasteiger partial charge in [-0.3, -0.25) is 14.4 Å². The van der Waals surface area contributed by atoms with E-state index in [-0.39, 0.29) is 30.6 Å². The molecule has 14 nitrogen and oxygen atoms in total. The van der Waals surface area contributed by atoms with Crippen molar-refractivity contribution in [1.82, 2.24) is 39.8 Å². The van der Waals surface area contributed by atoms with Gasteiger partial charge in [0.05, 0.1) is 35.2 Å². The van der Waals surface area contributed by atoms with Crippen LogP contribution < -0.4 is 21.3 Å². The van der Waals surface area contributed by atoms with Gasteiger partial charge >= 0.3 is 0 Å². The molecule has 6 aromatic rings. The molecule has 61 heavy (non-hydrogen) atoms. The molecule has 8 rings (SSSR count). The van der Waals surface area contributed by atoms with Gasteiger partial charge in [0.15, 0.2) is 22.2 Å². The molecule has 2 aromatic carbocycles. The molecule has 0 spiro atoms. The topological polar surface area (TPSA) is 180 Å². The summed E-state index contributed by atoms with van der Waals surface area (Å²) >= 11 is 6.26. The van der Waals surface area contributed by atoms with Gasteiger partial charge < -0.3 is 26.4 Å². The second-order valence-corrected chi connectivity index (χ2v) is 17.3. The quantitative estimate of drug-likeness (QED) is 0.0601. The molecule has 2 aliphatic rings. The average Bonchev–Trinajstić information content (AvgIpc) is 4.14. The van der Waals surface area contributed by atoms with Gasteiger partial charge in [-0.1, -0.05) is 51.4 Å². The van der Waals surface area contributed by atoms with Crippen LogP contribution in [0.2, 0.25) is 5.15 Å². The van der Waals surface area contributed by atoms with Crippen molar-refractivity contribution in [1.29, 1.82) is 0 Å². The molecule has 2 amide bonds. The molecular weight excluding hydrogens is 792 g/mol. The molecule has 4 aromatic heterocycles. The van der Waals surface area contributed by atoms with Crippen LogP contribution in [0.1, 0.15) is 109 Å². The lowest BCUT2D eigenvalue weighted by Crippen LogP contribution is -2.26. The normalized spacial score (nSPS) is 13.7. The molecule has 0 aliphatic heterocycles. The Bertz CT molecular complexity index is 2570. The fraction of sp³-hybridized carbons (Fsp3) is 0.413. The third-order valence-electron chi connectivity index (χ3n) is 10.5. The number of carbonyl (C=O) groups is 3. The van der Waals surface area contributed by atoms with Crippen LogP contribution in [0.4, 0.5) is 11.4 Å². The highest BCUT2D eigenvalue weighted by Gasteiger charge is 2.26. The van der Waals surface area contributed by atoms with Gasteiger partial charge in [0, 0.05) is 66.5 Å². The van der Waals surface area contributed by atoms with Crippen LogP contribution in [0.5, 0.6) is 0 Å². The number of aryl methyl sites for hydroxylation is 2. The summed E-state index contributed by atoms with van der Waals surface area (Å²) in [5.74, 6) is 0.735. The number of benzene rings is 2. The number of halogens is 1. The van der Waals surface area contributed by atoms with Crippen molar-refractivity contribution in [3.05, 3.63) is 94.0 Å². The summed E-state index contributed by atoms with van der Waals surface area (Å²) in [6.07, 6.45) is 8.39. The fourth-order valence-corrected chi connectivity index (χ4v) is 7.01. The number of imidazole rings is 2. The SMILES string of the molecule is Cc1cc(-c2cnc3c(NCC(C)C)cc(C(=O)CCCO)nn23)ccc1C(=O)NC1CC1.Cc1cc(-c2cnc3c(NCC(C)C)cc(Cl)nn23)ccc1C(=O)NC1CC1. The minimum absolute atomic E-state index is 0.00830. The Morgan fingerprint density at radius 2 is 1.20 bits per heavy atom. The van der Waals surface area contributed by atoms with Crippen LogP contribution in [0.25, 0.3) is 33.8 Å². The molecule has 5 N–H and O–H groups in total. The number of carbonyl (C=O) groups excluding carboxylic acids is 3. The molecule has 2 fully saturated rings. The highest BCUT2D eigenvalue weighted by Crippen LogP contribution is 2.30. The summed E-state index contributed by atoms with van der Waals surface area (Å²) in [5, 5.41) is 31.4. The first-order chi connectivity index (χ1) is 29.3. The number of rotatable bonds is 16. The number of nitrogens with zero attached hydrogens (tertiary/aromatic N) is 6. The van der Waals surface area contributed by atoms with Crippen LogP contribution in [-0.4, -0.2) is 83.7 Å². The summed E-state index contributed by atoms with van der Waals surface area (Å²) in [6.45, 7) is 13.9. The van der Waals surface area contributed by atoms with Crippen molar-refractivity contribution in [2.75, 3.05) is 30.3 Å². The van der Waals surface area contributed by atoms with Crippen molar-refractivity contribution in [3.63, 3.8) is 0 Å². The first-order valence-electron chi connectivity index (χ1n) is 21.2. The van der Waals surface area contributed by atoms with Crippen molar-refractivity contribution in [2.24, 2.45) is 11.8 Å². The highest BCUT2D eigenvalue weighted by atomic mass is 35.5. The zero-order chi connectivity index (χ0) is 43.4. The van der Waals surface area contributed by atoms with Crippen molar-refractivity contribution in [3.8, 4) is 22.5 Å². The van der Waals surface area contributed by atoms with Crippen molar-refractivity contribution < 1.29 is 19.5 Å². The second-order valence-electron chi connectivity index (χ2n) is 16.9. The minimum Gasteiger partial charge on any atom is -0.396 e. The molecule has 0 saturated heterocycles. The van der Waals surface area contributed by atoms with E-state index < -0.39 is 0 Å². The van der Waals surface area contributed by atoms with Crippen LogP contribution in [0.3, 0.4) is 0 Å². The van der Waals surface area contributed by atoms with E-state index in [2.05, 4.69) is 69.1 Å². The Hall–Kier alpha value is -5.86. The number of aliphatic hydroxyl groups excluding tert-OH is 1. The van der Waals surface area contributed by atoms with Crippen LogP contribution >= 0.6 is 11.6 Å². The van der Waals surface area contributed by atoms with Gasteiger partial charge in [0.2, 0.25) is 0 Å². The molecule has 2 saturated carbocycles. The predicted octanol–water partition coefficient (Wildman–Crippen LogP) is 7.94. The smallest absolute Gasteiger partial charge is 0.251 e. The van der Waals surface area contributed by atoms with E-state index in [1.165, 1.54) is 0 Å². The molecule has 0 atom stereocenters. The maximum Gasteiger partial charge on any atom is 0.251 e. The third-order valence-corrected chi connectivity index (χ3v) is 10.7. The Morgan fingerprint density at radius 3 is 1.64 bits per heavy atom. The lowest BCUT2D eigenvalue weighted by Gasteiger charge is -2.13. The monoisotopic (exact) mass is 846 g/mol. The Labute approximate surface area is 360 Å². The van der Waals surface area contributed by atoms with E-state index in [1.54, 1.807) is 33.6 Å². The largest absolute Gasteiger partial charge is 0.396 e. The number of fused-ring (bicyclic) bond motifs is 2. The summed E-state index contributed by atoms with van der Waals surface area (Å²) in [4.78, 5) is 46.7. The predicted molar refractivity (Wildman–Crippen MR) is 240 cm³/mol. The Kier molecular flexibility index (Phi) is 13.3. The van der Waals surface area contributed by atoms with E-state index in [0.717, 1.165) is 89.4 Å². The molecule has 4 heterocycles. The molecular formula is C46H55ClN10O4. The number of anilines is 2. The number of hydrogen-bond donors (Lipinski definition) is 5. The maximum absolute atomic E-state index is 12.7. The molecule has 0 unspecified atom stereocenters. The zero-order valence-electron chi connectivity index (χ0n) is 35.7. The summed E-state index contributed by atoms with van der Waals surface area (Å²) in [5.41, 5.74) is 9.84. The van der Waals surface area contributed by atoms with Crippen LogP contribution in [0.15, 0.2) is 60.9 Å². The zero-order valence-corrected chi connectivity index (χ0v) is 36.4. The number of nitrogens with one attached hydrogen (secondary N) is 4. The van der Waals surface area contributed by atoms with Gasteiger partial charge in [0.1, 0.15) is 5.69 Å². The molecule has 2 aliphatic carbocycles. The average molecular weight is 847 g/mol. The van der Waals surface area contributed by atoms with E-state index in [9.17, 15) is 14.4 Å². The molecule has 320 valence electrons. The van der Waals surface area contributed by atoms with Crippen molar-refractivity contribution in [2.45, 2.75) is 92.2 Å². The van der Waals surface area contributed by atoms with E-state index >= 15 is 0 Å². The van der Waals surface area contributed by atoms with E-state index in [0.29, 0.717) is 58.0 Å². The van der Waals surface area contributed by atoms with Gasteiger partial charge in [-0.25, -0.2) is 19.0 Å².